The van der Waals surface area contributed by atoms with Crippen LogP contribution in [0.25, 0.3) is 0 Å². The average molecular weight is 254 g/mol. The first-order chi connectivity index (χ1) is 8.14. The second-order valence-electron chi connectivity index (χ2n) is 4.94. The molecule has 2 unspecified atom stereocenters. The van der Waals surface area contributed by atoms with Crippen LogP contribution in [0.5, 0.6) is 0 Å². The smallest absolute Gasteiger partial charge is 0.125 e. The van der Waals surface area contributed by atoms with Gasteiger partial charge in [-0.1, -0.05) is 6.92 Å². The molecule has 4 heteroatoms. The average Bonchev–Trinajstić information content (AvgIpc) is 2.81. The molecule has 0 saturated carbocycles. The fourth-order valence-corrected chi connectivity index (χ4v) is 3.73. The summed E-state index contributed by atoms with van der Waals surface area (Å²) in [5, 5.41) is 1.12. The maximum Gasteiger partial charge on any atom is 0.125 e. The molecule has 0 fully saturated rings. The van der Waals surface area contributed by atoms with Crippen LogP contribution in [0.15, 0.2) is 0 Å². The van der Waals surface area contributed by atoms with Crippen molar-refractivity contribution in [2.75, 3.05) is 13.7 Å². The van der Waals surface area contributed by atoms with E-state index in [4.69, 9.17) is 15.5 Å². The van der Waals surface area contributed by atoms with Crippen LogP contribution in [0, 0.1) is 0 Å². The quantitative estimate of drug-likeness (QED) is 0.898. The molecule has 1 aromatic rings. The van der Waals surface area contributed by atoms with Gasteiger partial charge in [-0.15, -0.1) is 11.3 Å². The summed E-state index contributed by atoms with van der Waals surface area (Å²) in [6, 6.07) is 0. The van der Waals surface area contributed by atoms with Gasteiger partial charge in [0.05, 0.1) is 5.69 Å². The minimum Gasteiger partial charge on any atom is -0.371 e. The van der Waals surface area contributed by atoms with Crippen molar-refractivity contribution in [3.05, 3.63) is 15.6 Å². The van der Waals surface area contributed by atoms with Crippen molar-refractivity contribution in [3.8, 4) is 0 Å². The highest BCUT2D eigenvalue weighted by molar-refractivity contribution is 7.11. The van der Waals surface area contributed by atoms with Gasteiger partial charge in [0.1, 0.15) is 10.6 Å². The Morgan fingerprint density at radius 2 is 2.35 bits per heavy atom. The van der Waals surface area contributed by atoms with Gasteiger partial charge < -0.3 is 10.5 Å². The van der Waals surface area contributed by atoms with E-state index in [0.717, 1.165) is 17.8 Å². The van der Waals surface area contributed by atoms with E-state index in [0.29, 0.717) is 12.5 Å². The van der Waals surface area contributed by atoms with Gasteiger partial charge in [0, 0.05) is 24.4 Å². The maximum absolute atomic E-state index is 5.83. The number of nitrogens with two attached hydrogens (primary N) is 1. The molecule has 96 valence electrons. The number of aryl methyl sites for hydroxylation is 1. The van der Waals surface area contributed by atoms with Crippen molar-refractivity contribution in [2.45, 2.75) is 51.0 Å². The summed E-state index contributed by atoms with van der Waals surface area (Å²) in [6.45, 7) is 4.98. The second-order valence-corrected chi connectivity index (χ2v) is 6.02. The number of hydrogen-bond acceptors (Lipinski definition) is 4. The summed E-state index contributed by atoms with van der Waals surface area (Å²) >= 11 is 1.82. The van der Waals surface area contributed by atoms with E-state index >= 15 is 0 Å². The Balaban J connectivity index is 2.36. The maximum atomic E-state index is 5.83. The largest absolute Gasteiger partial charge is 0.371 e. The molecule has 2 atom stereocenters. The first kappa shape index (κ1) is 13.0. The lowest BCUT2D eigenvalue weighted by Crippen LogP contribution is -2.23. The van der Waals surface area contributed by atoms with Gasteiger partial charge in [0.2, 0.25) is 0 Å². The summed E-state index contributed by atoms with van der Waals surface area (Å²) in [4.78, 5) is 6.26. The second kappa shape index (κ2) is 5.04. The van der Waals surface area contributed by atoms with E-state index in [1.54, 1.807) is 7.11 Å². The van der Waals surface area contributed by atoms with Gasteiger partial charge in [-0.3, -0.25) is 0 Å². The molecule has 1 heterocycles. The summed E-state index contributed by atoms with van der Waals surface area (Å²) in [5.41, 5.74) is 6.85. The third kappa shape index (κ3) is 2.26. The van der Waals surface area contributed by atoms with Crippen LogP contribution in [0.4, 0.5) is 0 Å². The fraction of sp³-hybridized carbons (Fsp3) is 0.769. The van der Waals surface area contributed by atoms with E-state index in [1.165, 1.54) is 23.4 Å². The molecule has 0 spiro atoms. The molecule has 0 bridgehead atoms. The predicted molar refractivity (Wildman–Crippen MR) is 71.5 cm³/mol. The van der Waals surface area contributed by atoms with Gasteiger partial charge >= 0.3 is 0 Å². The number of methoxy groups -OCH3 is 1. The van der Waals surface area contributed by atoms with Gasteiger partial charge in [-0.05, 0) is 32.6 Å². The van der Waals surface area contributed by atoms with E-state index < -0.39 is 0 Å². The van der Waals surface area contributed by atoms with Gasteiger partial charge in [0.25, 0.3) is 0 Å². The summed E-state index contributed by atoms with van der Waals surface area (Å²) < 4.78 is 5.64. The summed E-state index contributed by atoms with van der Waals surface area (Å²) in [7, 11) is 1.77. The molecule has 0 saturated heterocycles. The third-order valence-corrected chi connectivity index (χ3v) is 5.31. The van der Waals surface area contributed by atoms with Crippen molar-refractivity contribution in [1.29, 1.82) is 0 Å². The fourth-order valence-electron chi connectivity index (χ4n) is 2.35. The molecule has 17 heavy (non-hydrogen) atoms. The highest BCUT2D eigenvalue weighted by Gasteiger charge is 2.32. The topological polar surface area (TPSA) is 48.1 Å². The lowest BCUT2D eigenvalue weighted by molar-refractivity contribution is -0.00170. The number of thiazole rings is 1. The van der Waals surface area contributed by atoms with Crippen molar-refractivity contribution in [3.63, 3.8) is 0 Å². The Morgan fingerprint density at radius 3 is 2.94 bits per heavy atom. The third-order valence-electron chi connectivity index (χ3n) is 3.93. The van der Waals surface area contributed by atoms with E-state index in [-0.39, 0.29) is 5.60 Å². The zero-order valence-electron chi connectivity index (χ0n) is 11.0. The van der Waals surface area contributed by atoms with Crippen molar-refractivity contribution in [1.82, 2.24) is 4.98 Å². The predicted octanol–water partition coefficient (Wildman–Crippen LogP) is 2.79. The summed E-state index contributed by atoms with van der Waals surface area (Å²) in [6.07, 6.45) is 4.53. The Hall–Kier alpha value is -0.450. The zero-order valence-corrected chi connectivity index (χ0v) is 11.8. The number of hydrogen-bond donors (Lipinski definition) is 1. The number of rotatable bonds is 4. The van der Waals surface area contributed by atoms with Crippen LogP contribution >= 0.6 is 11.3 Å². The molecule has 0 radical (unpaired) electrons. The molecule has 2 rings (SSSR count). The lowest BCUT2D eigenvalue weighted by Gasteiger charge is -2.23. The minimum absolute atomic E-state index is 0.235. The Bertz CT molecular complexity index is 385. The van der Waals surface area contributed by atoms with Crippen LogP contribution in [-0.4, -0.2) is 18.6 Å². The van der Waals surface area contributed by atoms with Crippen LogP contribution in [0.1, 0.15) is 54.6 Å². The highest BCUT2D eigenvalue weighted by Crippen LogP contribution is 2.39. The molecular weight excluding hydrogens is 232 g/mol. The van der Waals surface area contributed by atoms with E-state index in [2.05, 4.69) is 13.8 Å². The van der Waals surface area contributed by atoms with Gasteiger partial charge in [-0.2, -0.15) is 0 Å². The monoisotopic (exact) mass is 254 g/mol. The number of ether oxygens (including phenoxy) is 1. The van der Waals surface area contributed by atoms with E-state index in [9.17, 15) is 0 Å². The molecule has 0 aliphatic heterocycles. The molecule has 1 aliphatic carbocycles. The van der Waals surface area contributed by atoms with E-state index in [1.807, 2.05) is 11.3 Å². The van der Waals surface area contributed by atoms with Gasteiger partial charge in [0.15, 0.2) is 0 Å². The number of nitrogens with zero attached hydrogens (tertiary/aromatic N) is 1. The molecular formula is C13H22N2OS. The minimum atomic E-state index is -0.235. The number of fused-ring (bicyclic) bond motifs is 1. The molecule has 2 N–H and O–H groups in total. The van der Waals surface area contributed by atoms with Gasteiger partial charge in [-0.25, -0.2) is 4.98 Å². The number of aromatic nitrogens is 1. The highest BCUT2D eigenvalue weighted by atomic mass is 32.1. The molecule has 1 aromatic heterocycles. The first-order valence-electron chi connectivity index (χ1n) is 6.40. The Kier molecular flexibility index (Phi) is 3.85. The lowest BCUT2D eigenvalue weighted by atomic mass is 9.91. The van der Waals surface area contributed by atoms with Crippen LogP contribution in [0.2, 0.25) is 0 Å². The molecule has 1 aliphatic rings. The standard InChI is InChI=1S/C13H22N2OS/c1-4-13(2,16-3)12-15-11-9(8-14)6-5-7-10(11)17-12/h9H,4-8,14H2,1-3H3. The SMILES string of the molecule is CCC(C)(OC)c1nc2c(s1)CCCC2CN. The molecule has 0 aromatic carbocycles. The van der Waals surface area contributed by atoms with Crippen LogP contribution in [0.3, 0.4) is 0 Å². The Morgan fingerprint density at radius 1 is 1.59 bits per heavy atom. The summed E-state index contributed by atoms with van der Waals surface area (Å²) in [5.74, 6) is 0.460. The van der Waals surface area contributed by atoms with Crippen molar-refractivity contribution < 1.29 is 4.74 Å². The first-order valence-corrected chi connectivity index (χ1v) is 7.21. The van der Waals surface area contributed by atoms with Crippen molar-refractivity contribution >= 4 is 11.3 Å². The molecule has 3 nitrogen and oxygen atoms in total. The van der Waals surface area contributed by atoms with Crippen LogP contribution in [-0.2, 0) is 16.8 Å². The Labute approximate surface area is 107 Å². The zero-order chi connectivity index (χ0) is 12.5. The molecule has 0 amide bonds. The normalized spacial score (nSPS) is 23.2. The van der Waals surface area contributed by atoms with Crippen LogP contribution < -0.4 is 5.73 Å². The van der Waals surface area contributed by atoms with Crippen molar-refractivity contribution in [2.24, 2.45) is 5.73 Å².